The van der Waals surface area contributed by atoms with Gasteiger partial charge in [0.25, 0.3) is 0 Å². The molecule has 4 aromatic carbocycles. The summed E-state index contributed by atoms with van der Waals surface area (Å²) in [5.41, 5.74) is 1.24. The van der Waals surface area contributed by atoms with Crippen molar-refractivity contribution in [2.45, 2.75) is 70.1 Å². The van der Waals surface area contributed by atoms with Crippen LogP contribution in [0.15, 0.2) is 73.4 Å². The second kappa shape index (κ2) is 25.3. The summed E-state index contributed by atoms with van der Waals surface area (Å²) < 4.78 is 142. The number of nitriles is 2. The number of thiazole rings is 2. The van der Waals surface area contributed by atoms with Crippen LogP contribution in [-0.2, 0) is 41.7 Å². The maximum atomic E-state index is 12.9. The van der Waals surface area contributed by atoms with E-state index in [1.165, 1.54) is 82.8 Å². The Balaban J connectivity index is 0.00000320. The number of aryl methyl sites for hydroxylation is 5. The Hall–Kier alpha value is -3.16. The van der Waals surface area contributed by atoms with Gasteiger partial charge in [0.15, 0.2) is 22.6 Å². The Labute approximate surface area is 540 Å². The Bertz CT molecular complexity index is 4220. The molecule has 0 spiro atoms. The number of hydrogen-bond donors (Lipinski definition) is 1. The van der Waals surface area contributed by atoms with Crippen LogP contribution in [0.1, 0.15) is 55.8 Å². The van der Waals surface area contributed by atoms with Crippen molar-refractivity contribution in [3.05, 3.63) is 104 Å². The number of nitrogens with zero attached hydrogens (tertiary/aromatic N) is 10. The summed E-state index contributed by atoms with van der Waals surface area (Å²) in [6, 6.07) is 14.8. The zero-order valence-electron chi connectivity index (χ0n) is 42.9. The summed E-state index contributed by atoms with van der Waals surface area (Å²) in [5, 5.41) is 38.2. The molecule has 0 aliphatic carbocycles. The van der Waals surface area contributed by atoms with Crippen LogP contribution in [0.2, 0.25) is 0 Å². The van der Waals surface area contributed by atoms with Crippen molar-refractivity contribution in [1.29, 1.82) is 10.5 Å². The Kier molecular flexibility index (Phi) is 21.8. The van der Waals surface area contributed by atoms with E-state index in [1.54, 1.807) is 13.8 Å². The van der Waals surface area contributed by atoms with Gasteiger partial charge >= 0.3 is 118 Å². The summed E-state index contributed by atoms with van der Waals surface area (Å²) in [5.74, 6) is -0.799. The average molecular weight is 1190 g/mol. The van der Waals surface area contributed by atoms with Crippen molar-refractivity contribution >= 4 is 124 Å². The summed E-state index contributed by atoms with van der Waals surface area (Å²) in [4.78, 5) is 13.9. The normalized spacial score (nSPS) is 12.0. The van der Waals surface area contributed by atoms with Crippen LogP contribution in [0, 0.1) is 78.1 Å². The molecule has 0 aliphatic heterocycles. The van der Waals surface area contributed by atoms with Crippen LogP contribution in [0.3, 0.4) is 0 Å². The fourth-order valence-corrected chi connectivity index (χ4v) is 13.1. The molecule has 0 bridgehead atoms. The van der Waals surface area contributed by atoms with Crippen molar-refractivity contribution in [1.82, 2.24) is 24.7 Å². The van der Waals surface area contributed by atoms with Crippen LogP contribution >= 0.6 is 22.7 Å². The van der Waals surface area contributed by atoms with Crippen molar-refractivity contribution in [3.8, 4) is 23.0 Å². The SMILES string of the molecule is Cc1cc(C)c(S(=O)(=O)[O-])c(C)c1Nc1nc(N(c2nc3ccc(OS(=O)[O-])cc3s2)c2c(C)cc(C)c(S(=O)(=O)[O-])c2C)c(C#N)c(C)c1N=Nc1c(C#N)c(C)nn1-c1nc2ccc(S(=O)(=O)[O-])cc2s1.[Na+].[Na+].[Na+].[Na+]. The van der Waals surface area contributed by atoms with E-state index in [-0.39, 0.29) is 229 Å². The fraction of sp³-hybridized carbons (Fsp3) is 0.182. The van der Waals surface area contributed by atoms with Gasteiger partial charge in [0, 0.05) is 17.3 Å². The third kappa shape index (κ3) is 13.3. The first-order valence-electron chi connectivity index (χ1n) is 20.7. The smallest absolute Gasteiger partial charge is 0.744 e. The van der Waals surface area contributed by atoms with Gasteiger partial charge in [-0.1, -0.05) is 34.8 Å². The van der Waals surface area contributed by atoms with E-state index in [0.29, 0.717) is 15.8 Å². The number of nitrogens with one attached hydrogen (secondary N) is 1. The number of azo groups is 1. The number of aromatic nitrogens is 5. The van der Waals surface area contributed by atoms with Crippen LogP contribution in [-0.4, -0.2) is 72.4 Å². The second-order valence-corrected chi connectivity index (χ2v) is 22.9. The van der Waals surface area contributed by atoms with E-state index >= 15 is 0 Å². The molecule has 0 radical (unpaired) electrons. The van der Waals surface area contributed by atoms with Gasteiger partial charge in [-0.05, 0) is 119 Å². The number of rotatable bonds is 13. The molecular weight excluding hydrogens is 1160 g/mol. The topological polar surface area (TPSA) is 365 Å². The predicted molar refractivity (Wildman–Crippen MR) is 264 cm³/mol. The summed E-state index contributed by atoms with van der Waals surface area (Å²) in [6.45, 7) is 11.8. The Morgan fingerprint density at radius 2 is 1.26 bits per heavy atom. The molecule has 376 valence electrons. The molecule has 4 heterocycles. The quantitative estimate of drug-likeness (QED) is 0.0501. The minimum atomic E-state index is -5.17. The van der Waals surface area contributed by atoms with Gasteiger partial charge in [-0.25, -0.2) is 44.4 Å². The molecule has 0 saturated heterocycles. The Morgan fingerprint density at radius 3 is 1.84 bits per heavy atom. The molecule has 1 atom stereocenters. The van der Waals surface area contributed by atoms with Crippen LogP contribution in [0.4, 0.5) is 39.6 Å². The van der Waals surface area contributed by atoms with E-state index in [2.05, 4.69) is 31.7 Å². The first-order chi connectivity index (χ1) is 34.1. The number of pyridine rings is 1. The summed E-state index contributed by atoms with van der Waals surface area (Å²) in [7, 11) is -15.1. The molecule has 0 amide bonds. The van der Waals surface area contributed by atoms with E-state index in [1.807, 2.05) is 6.07 Å². The number of hydrogen-bond acceptors (Lipinski definition) is 24. The standard InChI is InChI=1S/C44H37N11O12S6.4Na/c1-19-13-21(3)38(72(61,62)63)24(6)35(19)49-40-36(51-52-42-30(18-46)26(8)53-55(42)44-48-32-12-10-28(71(58,59)60)16-34(32)69-44)23(5)29(17-45)41(50-40)54(37-20(2)14-22(4)39(25(37)7)73(64,65)66)43-47-31-11-9-27(67-70(56)57)15-33(31)68-43;;;;/h9-16H,1-8H3,(H,49,50)(H,56,57)(H,58,59,60)(H,61,62,63)(H,64,65,66);;;;/q;4*+1/p-4. The molecule has 0 saturated carbocycles. The van der Waals surface area contributed by atoms with Crippen molar-refractivity contribution in [3.63, 3.8) is 0 Å². The van der Waals surface area contributed by atoms with Gasteiger partial charge in [-0.15, -0.1) is 10.2 Å². The van der Waals surface area contributed by atoms with E-state index in [9.17, 15) is 58.2 Å². The zero-order chi connectivity index (χ0) is 53.4. The number of anilines is 5. The monoisotopic (exact) mass is 1190 g/mol. The molecule has 1 N–H and O–H groups in total. The molecule has 33 heteroatoms. The van der Waals surface area contributed by atoms with Crippen LogP contribution in [0.5, 0.6) is 5.75 Å². The first-order valence-corrected chi connectivity index (χ1v) is 27.6. The molecule has 8 rings (SSSR count). The second-order valence-electron chi connectivity index (χ2n) is 16.3. The van der Waals surface area contributed by atoms with Gasteiger partial charge in [0.2, 0.25) is 5.13 Å². The minimum absolute atomic E-state index is 0. The van der Waals surface area contributed by atoms with Crippen molar-refractivity contribution in [2.24, 2.45) is 10.2 Å². The van der Waals surface area contributed by atoms with Gasteiger partial charge in [0.1, 0.15) is 76.4 Å². The molecule has 77 heavy (non-hydrogen) atoms. The van der Waals surface area contributed by atoms with E-state index in [4.69, 9.17) is 14.2 Å². The van der Waals surface area contributed by atoms with Gasteiger partial charge in [0.05, 0.1) is 46.5 Å². The number of benzene rings is 4. The van der Waals surface area contributed by atoms with Crippen molar-refractivity contribution in [2.75, 3.05) is 10.2 Å². The molecular formula is C44H33N11Na4O12S6. The third-order valence-electron chi connectivity index (χ3n) is 11.4. The van der Waals surface area contributed by atoms with Gasteiger partial charge < -0.3 is 27.7 Å². The fourth-order valence-electron chi connectivity index (χ4n) is 8.45. The maximum Gasteiger partial charge on any atom is 1.00 e. The summed E-state index contributed by atoms with van der Waals surface area (Å²) in [6.07, 6.45) is 0. The maximum absolute atomic E-state index is 12.9. The molecule has 1 unspecified atom stereocenters. The van der Waals surface area contributed by atoms with E-state index in [0.717, 1.165) is 39.5 Å². The molecule has 0 fully saturated rings. The average Bonchev–Trinajstić information content (AvgIpc) is 3.98. The molecule has 23 nitrogen and oxygen atoms in total. The Morgan fingerprint density at radius 1 is 0.688 bits per heavy atom. The van der Waals surface area contributed by atoms with Crippen LogP contribution < -0.4 is 133 Å². The summed E-state index contributed by atoms with van der Waals surface area (Å²) >= 11 is -1.10. The largest absolute Gasteiger partial charge is 1.00 e. The van der Waals surface area contributed by atoms with Gasteiger partial charge in [-0.3, -0.25) is 4.90 Å². The van der Waals surface area contributed by atoms with E-state index < -0.39 is 56.4 Å². The molecule has 0 aliphatic rings. The van der Waals surface area contributed by atoms with Crippen LogP contribution in [0.25, 0.3) is 25.6 Å². The number of fused-ring (bicyclic) bond motifs is 2. The molecule has 4 aromatic heterocycles. The first kappa shape index (κ1) is 66.4. The third-order valence-corrected chi connectivity index (χ3v) is 16.8. The zero-order valence-corrected chi connectivity index (χ0v) is 55.8. The molecule has 8 aromatic rings. The predicted octanol–water partition coefficient (Wildman–Crippen LogP) is -3.77. The van der Waals surface area contributed by atoms with Gasteiger partial charge in [-0.2, -0.15) is 20.3 Å². The minimum Gasteiger partial charge on any atom is -0.744 e. The van der Waals surface area contributed by atoms with Crippen molar-refractivity contribution < 1.29 is 170 Å².